The number of aryl methyl sites for hydroxylation is 1. The number of carbonyl (C=O) groups excluding carboxylic acids is 1. The molecule has 1 atom stereocenters. The summed E-state index contributed by atoms with van der Waals surface area (Å²) in [6.45, 7) is 3.68. The molecule has 0 saturated heterocycles. The van der Waals surface area contributed by atoms with Crippen molar-refractivity contribution in [3.63, 3.8) is 0 Å². The molecule has 2 aromatic carbocycles. The molecule has 41 heavy (non-hydrogen) atoms. The van der Waals surface area contributed by atoms with Crippen molar-refractivity contribution in [1.82, 2.24) is 24.8 Å². The number of pyridine rings is 3. The van der Waals surface area contributed by atoms with Crippen LogP contribution in [0.25, 0.3) is 27.4 Å². The van der Waals surface area contributed by atoms with Crippen LogP contribution in [0.1, 0.15) is 45.2 Å². The standard InChI is InChI=1S/C32H24N6O2S/c1-19-11-12-23-16-35-30(33)28(29(23)36-19)31(39)37-20(2)26-15-22-8-6-7-21(13-14-25-17-34-18-41-25)27(22)32(40)38(26)24-9-4-3-5-10-24/h3-12,15-18,20H,1-2H3,(H2,33,35)(H,37,39)/t20-/m0/s1. The number of nitrogens with zero attached hydrogens (tertiary/aromatic N) is 4. The molecule has 0 fully saturated rings. The summed E-state index contributed by atoms with van der Waals surface area (Å²) in [5.74, 6) is 5.91. The highest BCUT2D eigenvalue weighted by Gasteiger charge is 2.23. The van der Waals surface area contributed by atoms with Crippen molar-refractivity contribution in [2.75, 3.05) is 5.73 Å². The first-order valence-electron chi connectivity index (χ1n) is 12.9. The van der Waals surface area contributed by atoms with Gasteiger partial charge in [0.1, 0.15) is 11.4 Å². The second kappa shape index (κ2) is 10.7. The molecule has 0 bridgehead atoms. The van der Waals surface area contributed by atoms with Gasteiger partial charge in [-0.05, 0) is 61.6 Å². The third-order valence-corrected chi connectivity index (χ3v) is 7.45. The van der Waals surface area contributed by atoms with E-state index in [0.717, 1.165) is 16.0 Å². The minimum absolute atomic E-state index is 0.0865. The van der Waals surface area contributed by atoms with Gasteiger partial charge < -0.3 is 11.1 Å². The zero-order valence-electron chi connectivity index (χ0n) is 22.3. The molecule has 0 unspecified atom stereocenters. The number of carbonyl (C=O) groups is 1. The van der Waals surface area contributed by atoms with Crippen molar-refractivity contribution in [2.24, 2.45) is 0 Å². The molecule has 1 amide bonds. The summed E-state index contributed by atoms with van der Waals surface area (Å²) in [5.41, 5.74) is 11.0. The van der Waals surface area contributed by atoms with Crippen LogP contribution in [0.4, 0.5) is 5.82 Å². The molecule has 0 radical (unpaired) electrons. The molecule has 0 aliphatic carbocycles. The number of rotatable bonds is 4. The molecule has 200 valence electrons. The number of amides is 1. The molecular weight excluding hydrogens is 532 g/mol. The van der Waals surface area contributed by atoms with Crippen molar-refractivity contribution >= 4 is 44.7 Å². The maximum Gasteiger partial charge on any atom is 0.264 e. The Balaban J connectivity index is 1.49. The molecule has 4 heterocycles. The monoisotopic (exact) mass is 556 g/mol. The Morgan fingerprint density at radius 2 is 1.85 bits per heavy atom. The van der Waals surface area contributed by atoms with E-state index in [4.69, 9.17) is 5.73 Å². The second-order valence-corrected chi connectivity index (χ2v) is 10.4. The zero-order valence-corrected chi connectivity index (χ0v) is 23.1. The third kappa shape index (κ3) is 4.93. The lowest BCUT2D eigenvalue weighted by Crippen LogP contribution is -2.33. The highest BCUT2D eigenvalue weighted by Crippen LogP contribution is 2.25. The van der Waals surface area contributed by atoms with Crippen molar-refractivity contribution in [2.45, 2.75) is 19.9 Å². The van der Waals surface area contributed by atoms with Crippen LogP contribution in [0.5, 0.6) is 0 Å². The number of para-hydroxylation sites is 1. The number of fused-ring (bicyclic) bond motifs is 2. The molecule has 0 aliphatic rings. The average Bonchev–Trinajstić information content (AvgIpc) is 3.50. The molecule has 6 aromatic rings. The summed E-state index contributed by atoms with van der Waals surface area (Å²) in [7, 11) is 0. The fourth-order valence-electron chi connectivity index (χ4n) is 4.82. The molecule has 8 nitrogen and oxygen atoms in total. The largest absolute Gasteiger partial charge is 0.383 e. The fraction of sp³-hybridized carbons (Fsp3) is 0.0938. The van der Waals surface area contributed by atoms with E-state index in [1.54, 1.807) is 22.5 Å². The molecule has 3 N–H and O–H groups in total. The summed E-state index contributed by atoms with van der Waals surface area (Å²) in [6, 6.07) is 20.0. The Kier molecular flexibility index (Phi) is 6.75. The zero-order chi connectivity index (χ0) is 28.5. The molecule has 9 heteroatoms. The predicted molar refractivity (Wildman–Crippen MR) is 162 cm³/mol. The molecule has 0 aliphatic heterocycles. The van der Waals surface area contributed by atoms with E-state index in [9.17, 15) is 9.59 Å². The van der Waals surface area contributed by atoms with Gasteiger partial charge in [-0.3, -0.25) is 24.1 Å². The van der Waals surface area contributed by atoms with E-state index in [1.807, 2.05) is 80.6 Å². The lowest BCUT2D eigenvalue weighted by atomic mass is 10.0. The SMILES string of the molecule is Cc1ccc2cnc(N)c(C(=O)N[C@@H](C)c3cc4cccc(C#Cc5cncs5)c4c(=O)n3-c3ccccc3)c2n1. The predicted octanol–water partition coefficient (Wildman–Crippen LogP) is 5.17. The van der Waals surface area contributed by atoms with Gasteiger partial charge in [0.05, 0.1) is 33.5 Å². The lowest BCUT2D eigenvalue weighted by Gasteiger charge is -2.22. The Morgan fingerprint density at radius 1 is 1.02 bits per heavy atom. The van der Waals surface area contributed by atoms with Gasteiger partial charge in [0, 0.05) is 34.2 Å². The normalized spacial score (nSPS) is 11.7. The van der Waals surface area contributed by atoms with Gasteiger partial charge in [0.25, 0.3) is 11.5 Å². The van der Waals surface area contributed by atoms with E-state index in [1.165, 1.54) is 11.3 Å². The highest BCUT2D eigenvalue weighted by atomic mass is 32.1. The van der Waals surface area contributed by atoms with Gasteiger partial charge >= 0.3 is 0 Å². The number of nitrogen functional groups attached to an aromatic ring is 1. The van der Waals surface area contributed by atoms with Gasteiger partial charge in [-0.1, -0.05) is 36.3 Å². The van der Waals surface area contributed by atoms with Gasteiger partial charge in [-0.2, -0.15) is 0 Å². The first kappa shape index (κ1) is 25.9. The first-order valence-corrected chi connectivity index (χ1v) is 13.8. The number of benzene rings is 2. The van der Waals surface area contributed by atoms with E-state index in [0.29, 0.717) is 33.2 Å². The van der Waals surface area contributed by atoms with Gasteiger partial charge in [-0.15, -0.1) is 11.3 Å². The summed E-state index contributed by atoms with van der Waals surface area (Å²) in [4.78, 5) is 41.5. The Hall–Kier alpha value is -5.33. The molecular formula is C32H24N6O2S. The quantitative estimate of drug-likeness (QED) is 0.290. The lowest BCUT2D eigenvalue weighted by molar-refractivity contribution is 0.0941. The molecule has 6 rings (SSSR count). The highest BCUT2D eigenvalue weighted by molar-refractivity contribution is 7.10. The van der Waals surface area contributed by atoms with Crippen LogP contribution < -0.4 is 16.6 Å². The van der Waals surface area contributed by atoms with Crippen LogP contribution >= 0.6 is 11.3 Å². The van der Waals surface area contributed by atoms with E-state index in [2.05, 4.69) is 32.1 Å². The number of hydrogen-bond acceptors (Lipinski definition) is 7. The van der Waals surface area contributed by atoms with E-state index >= 15 is 0 Å². The summed E-state index contributed by atoms with van der Waals surface area (Å²) < 4.78 is 1.62. The second-order valence-electron chi connectivity index (χ2n) is 9.53. The first-order chi connectivity index (χ1) is 19.9. The smallest absolute Gasteiger partial charge is 0.264 e. The van der Waals surface area contributed by atoms with Crippen LogP contribution in [-0.2, 0) is 0 Å². The Bertz CT molecular complexity index is 2050. The van der Waals surface area contributed by atoms with Crippen molar-refractivity contribution in [3.05, 3.63) is 122 Å². The Morgan fingerprint density at radius 3 is 2.63 bits per heavy atom. The van der Waals surface area contributed by atoms with Crippen LogP contribution in [-0.4, -0.2) is 25.4 Å². The van der Waals surface area contributed by atoms with Crippen LogP contribution in [0.2, 0.25) is 0 Å². The third-order valence-electron chi connectivity index (χ3n) is 6.76. The van der Waals surface area contributed by atoms with Crippen molar-refractivity contribution < 1.29 is 4.79 Å². The van der Waals surface area contributed by atoms with Gasteiger partial charge in [0.15, 0.2) is 0 Å². The van der Waals surface area contributed by atoms with E-state index in [-0.39, 0.29) is 16.9 Å². The minimum atomic E-state index is -0.578. The van der Waals surface area contributed by atoms with Crippen LogP contribution in [0.3, 0.4) is 0 Å². The minimum Gasteiger partial charge on any atom is -0.383 e. The molecule has 0 spiro atoms. The number of thiazole rings is 1. The van der Waals surface area contributed by atoms with Crippen molar-refractivity contribution in [3.8, 4) is 17.5 Å². The van der Waals surface area contributed by atoms with Crippen LogP contribution in [0.15, 0.2) is 89.4 Å². The maximum atomic E-state index is 14.2. The number of hydrogen-bond donors (Lipinski definition) is 2. The fourth-order valence-corrected chi connectivity index (χ4v) is 5.29. The summed E-state index contributed by atoms with van der Waals surface area (Å²) >= 11 is 1.44. The number of aromatic nitrogens is 4. The Labute approximate surface area is 239 Å². The van der Waals surface area contributed by atoms with E-state index < -0.39 is 11.9 Å². The molecule has 4 aromatic heterocycles. The summed E-state index contributed by atoms with van der Waals surface area (Å²) in [5, 5.41) is 4.96. The number of anilines is 1. The summed E-state index contributed by atoms with van der Waals surface area (Å²) in [6.07, 6.45) is 3.30. The maximum absolute atomic E-state index is 14.2. The number of nitrogens with one attached hydrogen (secondary N) is 1. The van der Waals surface area contributed by atoms with Gasteiger partial charge in [-0.25, -0.2) is 4.98 Å². The van der Waals surface area contributed by atoms with Crippen LogP contribution in [0, 0.1) is 18.8 Å². The van der Waals surface area contributed by atoms with Crippen molar-refractivity contribution in [1.29, 1.82) is 0 Å². The topological polar surface area (TPSA) is 116 Å². The average molecular weight is 557 g/mol. The molecule has 0 saturated carbocycles. The van der Waals surface area contributed by atoms with Gasteiger partial charge in [0.2, 0.25) is 0 Å². The number of nitrogens with two attached hydrogens (primary N) is 1.